The number of carboxylic acids is 1. The molecule has 0 aliphatic carbocycles. The van der Waals surface area contributed by atoms with Crippen molar-refractivity contribution in [2.75, 3.05) is 0 Å². The van der Waals surface area contributed by atoms with Crippen molar-refractivity contribution in [3.63, 3.8) is 0 Å². The van der Waals surface area contributed by atoms with Crippen LogP contribution >= 0.6 is 0 Å². The quantitative estimate of drug-likeness (QED) is 0.802. The van der Waals surface area contributed by atoms with Crippen molar-refractivity contribution < 1.29 is 14.3 Å². The predicted molar refractivity (Wildman–Crippen MR) is 54.9 cm³/mol. The van der Waals surface area contributed by atoms with Crippen LogP contribution in [-0.4, -0.2) is 20.6 Å². The number of hydrogen-bond donors (Lipinski definition) is 2. The van der Waals surface area contributed by atoms with Gasteiger partial charge in [0, 0.05) is 0 Å². The molecule has 1 aromatic carbocycles. The maximum atomic E-state index is 13.3. The minimum Gasteiger partial charge on any atom is -0.480 e. The molecule has 2 aromatic rings. The van der Waals surface area contributed by atoms with E-state index in [-0.39, 0.29) is 11.0 Å². The van der Waals surface area contributed by atoms with E-state index in [2.05, 4.69) is 4.98 Å². The number of aliphatic carboxylic acids is 1. The van der Waals surface area contributed by atoms with Gasteiger partial charge in [-0.1, -0.05) is 6.07 Å². The molecular formula is C10H9FN2O3. The number of para-hydroxylation sites is 1. The van der Waals surface area contributed by atoms with Gasteiger partial charge in [-0.05, 0) is 19.1 Å². The van der Waals surface area contributed by atoms with Crippen LogP contribution in [0.5, 0.6) is 0 Å². The third kappa shape index (κ3) is 1.39. The number of aromatic nitrogens is 2. The summed E-state index contributed by atoms with van der Waals surface area (Å²) in [5.74, 6) is -1.72. The molecular weight excluding hydrogens is 215 g/mol. The molecule has 1 heterocycles. The summed E-state index contributed by atoms with van der Waals surface area (Å²) in [5.41, 5.74) is -0.351. The van der Waals surface area contributed by atoms with E-state index in [1.165, 1.54) is 25.1 Å². The second kappa shape index (κ2) is 3.48. The highest BCUT2D eigenvalue weighted by Gasteiger charge is 2.19. The summed E-state index contributed by atoms with van der Waals surface area (Å²) in [6.07, 6.45) is 0. The van der Waals surface area contributed by atoms with Gasteiger partial charge in [0.15, 0.2) is 0 Å². The number of hydrogen-bond acceptors (Lipinski definition) is 2. The van der Waals surface area contributed by atoms with Crippen molar-refractivity contribution in [1.82, 2.24) is 9.55 Å². The van der Waals surface area contributed by atoms with Gasteiger partial charge >= 0.3 is 11.7 Å². The maximum absolute atomic E-state index is 13.3. The van der Waals surface area contributed by atoms with Gasteiger partial charge in [0.1, 0.15) is 17.4 Å². The van der Waals surface area contributed by atoms with Crippen LogP contribution in [0, 0.1) is 5.82 Å². The zero-order chi connectivity index (χ0) is 11.9. The fraction of sp³-hybridized carbons (Fsp3) is 0.200. The average molecular weight is 224 g/mol. The lowest BCUT2D eigenvalue weighted by molar-refractivity contribution is -0.140. The summed E-state index contributed by atoms with van der Waals surface area (Å²) in [4.78, 5) is 24.6. The highest BCUT2D eigenvalue weighted by atomic mass is 19.1. The van der Waals surface area contributed by atoms with E-state index in [9.17, 15) is 14.0 Å². The first-order valence-corrected chi connectivity index (χ1v) is 4.64. The monoisotopic (exact) mass is 224 g/mol. The lowest BCUT2D eigenvalue weighted by Crippen LogP contribution is -2.25. The van der Waals surface area contributed by atoms with Crippen LogP contribution in [0.4, 0.5) is 4.39 Å². The molecule has 1 unspecified atom stereocenters. The zero-order valence-electron chi connectivity index (χ0n) is 8.40. The molecule has 0 bridgehead atoms. The maximum Gasteiger partial charge on any atom is 0.327 e. The number of imidazole rings is 1. The molecule has 0 amide bonds. The first-order chi connectivity index (χ1) is 7.52. The second-order valence-electron chi connectivity index (χ2n) is 3.45. The number of aromatic amines is 1. The molecule has 0 aliphatic rings. The number of carbonyl (C=O) groups is 1. The smallest absolute Gasteiger partial charge is 0.327 e. The molecule has 0 fully saturated rings. The topological polar surface area (TPSA) is 75.1 Å². The molecule has 0 aliphatic heterocycles. The van der Waals surface area contributed by atoms with Gasteiger partial charge in [-0.2, -0.15) is 0 Å². The van der Waals surface area contributed by atoms with Gasteiger partial charge in [0.05, 0.1) is 5.52 Å². The van der Waals surface area contributed by atoms with Crippen molar-refractivity contribution in [1.29, 1.82) is 0 Å². The van der Waals surface area contributed by atoms with Crippen LogP contribution in [0.15, 0.2) is 23.0 Å². The van der Waals surface area contributed by atoms with E-state index in [0.717, 1.165) is 4.57 Å². The van der Waals surface area contributed by atoms with Gasteiger partial charge in [-0.3, -0.25) is 4.57 Å². The van der Waals surface area contributed by atoms with Gasteiger partial charge in [-0.25, -0.2) is 14.0 Å². The number of benzene rings is 1. The lowest BCUT2D eigenvalue weighted by atomic mass is 10.2. The Morgan fingerprint density at radius 1 is 1.56 bits per heavy atom. The number of halogens is 1. The number of nitrogens with zero attached hydrogens (tertiary/aromatic N) is 1. The van der Waals surface area contributed by atoms with E-state index >= 15 is 0 Å². The Labute approximate surface area is 89.1 Å². The normalized spacial score (nSPS) is 12.9. The van der Waals surface area contributed by atoms with Crippen LogP contribution in [0.1, 0.15) is 13.0 Å². The molecule has 6 heteroatoms. The van der Waals surface area contributed by atoms with Crippen molar-refractivity contribution in [3.05, 3.63) is 34.5 Å². The molecule has 0 radical (unpaired) electrons. The Hall–Kier alpha value is -2.11. The molecule has 84 valence electrons. The number of carboxylic acid groups (broad SMARTS) is 1. The van der Waals surface area contributed by atoms with E-state index < -0.39 is 23.5 Å². The highest BCUT2D eigenvalue weighted by molar-refractivity contribution is 5.79. The number of rotatable bonds is 2. The van der Waals surface area contributed by atoms with Crippen LogP contribution in [0.25, 0.3) is 11.0 Å². The summed E-state index contributed by atoms with van der Waals surface area (Å²) < 4.78 is 14.3. The van der Waals surface area contributed by atoms with E-state index in [0.29, 0.717) is 0 Å². The molecule has 16 heavy (non-hydrogen) atoms. The lowest BCUT2D eigenvalue weighted by Gasteiger charge is -2.07. The molecule has 0 spiro atoms. The first-order valence-electron chi connectivity index (χ1n) is 4.64. The Kier molecular flexibility index (Phi) is 2.26. The molecule has 1 atom stereocenters. The molecule has 5 nitrogen and oxygen atoms in total. The van der Waals surface area contributed by atoms with Gasteiger partial charge in [0.2, 0.25) is 0 Å². The Morgan fingerprint density at radius 3 is 2.88 bits per heavy atom. The number of nitrogens with one attached hydrogen (secondary N) is 1. The summed E-state index contributed by atoms with van der Waals surface area (Å²) in [6, 6.07) is 3.09. The van der Waals surface area contributed by atoms with Crippen molar-refractivity contribution in [2.24, 2.45) is 0 Å². The van der Waals surface area contributed by atoms with Crippen molar-refractivity contribution >= 4 is 17.0 Å². The highest BCUT2D eigenvalue weighted by Crippen LogP contribution is 2.17. The van der Waals surface area contributed by atoms with Gasteiger partial charge < -0.3 is 10.1 Å². The average Bonchev–Trinajstić information content (AvgIpc) is 2.55. The largest absolute Gasteiger partial charge is 0.480 e. The fourth-order valence-electron chi connectivity index (χ4n) is 1.61. The molecule has 2 rings (SSSR count). The van der Waals surface area contributed by atoms with Crippen LogP contribution < -0.4 is 5.69 Å². The van der Waals surface area contributed by atoms with Crippen molar-refractivity contribution in [2.45, 2.75) is 13.0 Å². The van der Waals surface area contributed by atoms with E-state index in [1.807, 2.05) is 0 Å². The molecule has 2 N–H and O–H groups in total. The van der Waals surface area contributed by atoms with E-state index in [1.54, 1.807) is 0 Å². The Balaban J connectivity index is 2.80. The number of fused-ring (bicyclic) bond motifs is 1. The third-order valence-electron chi connectivity index (χ3n) is 2.45. The fourth-order valence-corrected chi connectivity index (χ4v) is 1.61. The first kappa shape index (κ1) is 10.4. The summed E-state index contributed by atoms with van der Waals surface area (Å²) in [7, 11) is 0. The molecule has 1 aromatic heterocycles. The summed E-state index contributed by atoms with van der Waals surface area (Å²) in [5, 5.41) is 8.84. The van der Waals surface area contributed by atoms with Gasteiger partial charge in [0.25, 0.3) is 0 Å². The van der Waals surface area contributed by atoms with Crippen LogP contribution in [-0.2, 0) is 4.79 Å². The molecule has 0 saturated heterocycles. The Morgan fingerprint density at radius 2 is 2.25 bits per heavy atom. The predicted octanol–water partition coefficient (Wildman–Crippen LogP) is 1.11. The van der Waals surface area contributed by atoms with Gasteiger partial charge in [-0.15, -0.1) is 0 Å². The standard InChI is InChI=1S/C10H9FN2O3/c1-5(9(14)15)13-7-4-2-3-6(11)8(7)12-10(13)16/h2-5H,1H3,(H,12,16)(H,14,15). The van der Waals surface area contributed by atoms with Crippen molar-refractivity contribution in [3.8, 4) is 0 Å². The second-order valence-corrected chi connectivity index (χ2v) is 3.45. The third-order valence-corrected chi connectivity index (χ3v) is 2.45. The summed E-state index contributed by atoms with van der Waals surface area (Å²) in [6.45, 7) is 1.36. The number of H-pyrrole nitrogens is 1. The Bertz CT molecular complexity index is 614. The van der Waals surface area contributed by atoms with Crippen LogP contribution in [0.2, 0.25) is 0 Å². The summed E-state index contributed by atoms with van der Waals surface area (Å²) >= 11 is 0. The molecule has 0 saturated carbocycles. The van der Waals surface area contributed by atoms with Crippen LogP contribution in [0.3, 0.4) is 0 Å². The SMILES string of the molecule is CC(C(=O)O)n1c(=O)[nH]c2c(F)cccc21. The van der Waals surface area contributed by atoms with E-state index in [4.69, 9.17) is 5.11 Å². The zero-order valence-corrected chi connectivity index (χ0v) is 8.40. The minimum atomic E-state index is -1.15. The minimum absolute atomic E-state index is 0.0283.